The summed E-state index contributed by atoms with van der Waals surface area (Å²) in [6.45, 7) is 0.997. The quantitative estimate of drug-likeness (QED) is 0.867. The highest BCUT2D eigenvalue weighted by atomic mass is 19.1. The van der Waals surface area contributed by atoms with E-state index in [9.17, 15) is 9.18 Å². The van der Waals surface area contributed by atoms with Crippen LogP contribution in [0, 0.1) is 17.3 Å². The summed E-state index contributed by atoms with van der Waals surface area (Å²) in [4.78, 5) is 13.6. The lowest BCUT2D eigenvalue weighted by molar-refractivity contribution is 0.0963. The highest BCUT2D eigenvalue weighted by molar-refractivity contribution is 5.96. The SMILES string of the molecule is CNC(=O)c1cc2c(c(-c3ccc(F)cc3)c1)CN(C#N)C2. The standard InChI is InChI=1S/C17H14FN3O/c1-20-17(22)12-6-13-8-21(10-19)9-16(13)15(7-12)11-2-4-14(18)5-3-11/h2-7H,8-9H2,1H3,(H,20,22). The van der Waals surface area contributed by atoms with Crippen LogP contribution in [0.15, 0.2) is 36.4 Å². The lowest BCUT2D eigenvalue weighted by Crippen LogP contribution is -2.18. The highest BCUT2D eigenvalue weighted by Gasteiger charge is 2.23. The second kappa shape index (κ2) is 5.49. The number of benzene rings is 2. The van der Waals surface area contributed by atoms with Crippen molar-refractivity contribution in [1.82, 2.24) is 10.2 Å². The molecular formula is C17H14FN3O. The zero-order chi connectivity index (χ0) is 15.7. The fraction of sp³-hybridized carbons (Fsp3) is 0.176. The molecule has 0 saturated carbocycles. The van der Waals surface area contributed by atoms with E-state index in [1.54, 1.807) is 30.1 Å². The van der Waals surface area contributed by atoms with Gasteiger partial charge in [-0.15, -0.1) is 0 Å². The maximum absolute atomic E-state index is 13.1. The molecule has 110 valence electrons. The Morgan fingerprint density at radius 3 is 2.64 bits per heavy atom. The molecule has 2 aromatic carbocycles. The van der Waals surface area contributed by atoms with E-state index in [1.165, 1.54) is 12.1 Å². The molecule has 5 heteroatoms. The predicted molar refractivity (Wildman–Crippen MR) is 80.1 cm³/mol. The van der Waals surface area contributed by atoms with Crippen LogP contribution in [0.5, 0.6) is 0 Å². The number of fused-ring (bicyclic) bond motifs is 1. The molecule has 1 aliphatic rings. The number of amides is 1. The second-order valence-electron chi connectivity index (χ2n) is 5.20. The van der Waals surface area contributed by atoms with Crippen LogP contribution < -0.4 is 5.32 Å². The van der Waals surface area contributed by atoms with Gasteiger partial charge in [-0.2, -0.15) is 5.26 Å². The number of halogens is 1. The van der Waals surface area contributed by atoms with Crippen molar-refractivity contribution in [3.63, 3.8) is 0 Å². The van der Waals surface area contributed by atoms with Crippen molar-refractivity contribution < 1.29 is 9.18 Å². The summed E-state index contributed by atoms with van der Waals surface area (Å²) in [5.74, 6) is -0.483. The molecule has 1 N–H and O–H groups in total. The van der Waals surface area contributed by atoms with Crippen molar-refractivity contribution in [2.45, 2.75) is 13.1 Å². The first-order chi connectivity index (χ1) is 10.6. The minimum Gasteiger partial charge on any atom is -0.355 e. The summed E-state index contributed by atoms with van der Waals surface area (Å²) in [6.07, 6.45) is 2.13. The van der Waals surface area contributed by atoms with Crippen LogP contribution in [0.1, 0.15) is 21.5 Å². The first-order valence-electron chi connectivity index (χ1n) is 6.91. The zero-order valence-corrected chi connectivity index (χ0v) is 12.1. The van der Waals surface area contributed by atoms with Crippen LogP contribution in [0.4, 0.5) is 4.39 Å². The fourth-order valence-electron chi connectivity index (χ4n) is 2.75. The average molecular weight is 295 g/mol. The molecule has 1 amide bonds. The Labute approximate surface area is 127 Å². The van der Waals surface area contributed by atoms with Gasteiger partial charge in [0.2, 0.25) is 0 Å². The summed E-state index contributed by atoms with van der Waals surface area (Å²) in [7, 11) is 1.58. The molecule has 1 aliphatic heterocycles. The first-order valence-corrected chi connectivity index (χ1v) is 6.91. The van der Waals surface area contributed by atoms with Crippen molar-refractivity contribution in [3.05, 3.63) is 58.9 Å². The summed E-state index contributed by atoms with van der Waals surface area (Å²) in [5.41, 5.74) is 4.22. The van der Waals surface area contributed by atoms with E-state index in [2.05, 4.69) is 11.5 Å². The largest absolute Gasteiger partial charge is 0.355 e. The van der Waals surface area contributed by atoms with Crippen molar-refractivity contribution in [2.24, 2.45) is 0 Å². The van der Waals surface area contributed by atoms with Gasteiger partial charge < -0.3 is 10.2 Å². The maximum atomic E-state index is 13.1. The summed E-state index contributed by atoms with van der Waals surface area (Å²) < 4.78 is 13.1. The van der Waals surface area contributed by atoms with Crippen LogP contribution in [0.3, 0.4) is 0 Å². The third-order valence-electron chi connectivity index (χ3n) is 3.84. The van der Waals surface area contributed by atoms with Gasteiger partial charge in [0, 0.05) is 12.6 Å². The fourth-order valence-corrected chi connectivity index (χ4v) is 2.75. The third-order valence-corrected chi connectivity index (χ3v) is 3.84. The van der Waals surface area contributed by atoms with Crippen LogP contribution in [0.2, 0.25) is 0 Å². The number of hydrogen-bond acceptors (Lipinski definition) is 3. The number of carbonyl (C=O) groups is 1. The molecule has 0 unspecified atom stereocenters. The van der Waals surface area contributed by atoms with E-state index in [-0.39, 0.29) is 11.7 Å². The van der Waals surface area contributed by atoms with E-state index in [0.29, 0.717) is 18.7 Å². The highest BCUT2D eigenvalue weighted by Crippen LogP contribution is 2.34. The number of nitrogens with one attached hydrogen (secondary N) is 1. The van der Waals surface area contributed by atoms with Crippen molar-refractivity contribution in [1.29, 1.82) is 5.26 Å². The Bertz CT molecular complexity index is 778. The molecule has 3 rings (SSSR count). The zero-order valence-electron chi connectivity index (χ0n) is 12.1. The summed E-state index contributed by atoms with van der Waals surface area (Å²) in [5, 5.41) is 11.7. The van der Waals surface area contributed by atoms with Crippen LogP contribution >= 0.6 is 0 Å². The topological polar surface area (TPSA) is 56.1 Å². The minimum absolute atomic E-state index is 0.179. The average Bonchev–Trinajstić information content (AvgIpc) is 2.97. The molecule has 0 aromatic heterocycles. The van der Waals surface area contributed by atoms with Crippen molar-refractivity contribution in [3.8, 4) is 17.3 Å². The number of hydrogen-bond donors (Lipinski definition) is 1. The molecular weight excluding hydrogens is 281 g/mol. The predicted octanol–water partition coefficient (Wildman–Crippen LogP) is 2.65. The maximum Gasteiger partial charge on any atom is 0.251 e. The van der Waals surface area contributed by atoms with Crippen LogP contribution in [-0.4, -0.2) is 17.9 Å². The van der Waals surface area contributed by atoms with E-state index in [4.69, 9.17) is 5.26 Å². The number of rotatable bonds is 2. The van der Waals surface area contributed by atoms with Gasteiger partial charge in [0.05, 0.1) is 13.1 Å². The molecule has 0 radical (unpaired) electrons. The molecule has 4 nitrogen and oxygen atoms in total. The lowest BCUT2D eigenvalue weighted by atomic mass is 9.94. The first kappa shape index (κ1) is 14.1. The van der Waals surface area contributed by atoms with Crippen LogP contribution in [-0.2, 0) is 13.1 Å². The van der Waals surface area contributed by atoms with Gasteiger partial charge in [-0.1, -0.05) is 12.1 Å². The molecule has 1 heterocycles. The Balaban J connectivity index is 2.16. The number of carbonyl (C=O) groups excluding carboxylic acids is 1. The molecule has 2 aromatic rings. The molecule has 0 bridgehead atoms. The van der Waals surface area contributed by atoms with Gasteiger partial charge in [0.1, 0.15) is 5.82 Å². The van der Waals surface area contributed by atoms with E-state index >= 15 is 0 Å². The van der Waals surface area contributed by atoms with Crippen molar-refractivity contribution in [2.75, 3.05) is 7.05 Å². The Morgan fingerprint density at radius 2 is 2.00 bits per heavy atom. The summed E-state index contributed by atoms with van der Waals surface area (Å²) in [6, 6.07) is 9.78. The Hall–Kier alpha value is -2.87. The number of nitriles is 1. The van der Waals surface area contributed by atoms with E-state index in [0.717, 1.165) is 22.3 Å². The van der Waals surface area contributed by atoms with Gasteiger partial charge in [-0.25, -0.2) is 4.39 Å². The third kappa shape index (κ3) is 2.40. The molecule has 0 aliphatic carbocycles. The molecule has 0 spiro atoms. The second-order valence-corrected chi connectivity index (χ2v) is 5.20. The van der Waals surface area contributed by atoms with Gasteiger partial charge in [0.25, 0.3) is 5.91 Å². The molecule has 0 fully saturated rings. The minimum atomic E-state index is -0.304. The van der Waals surface area contributed by atoms with Crippen molar-refractivity contribution >= 4 is 5.91 Å². The van der Waals surface area contributed by atoms with Gasteiger partial charge in [0.15, 0.2) is 6.19 Å². The number of nitrogens with zero attached hydrogens (tertiary/aromatic N) is 2. The molecule has 22 heavy (non-hydrogen) atoms. The van der Waals surface area contributed by atoms with Crippen LogP contribution in [0.25, 0.3) is 11.1 Å². The monoisotopic (exact) mass is 295 g/mol. The molecule has 0 atom stereocenters. The van der Waals surface area contributed by atoms with E-state index in [1.807, 2.05) is 6.07 Å². The Kier molecular flexibility index (Phi) is 3.51. The summed E-state index contributed by atoms with van der Waals surface area (Å²) >= 11 is 0. The smallest absolute Gasteiger partial charge is 0.251 e. The normalized spacial score (nSPS) is 12.7. The van der Waals surface area contributed by atoms with Gasteiger partial charge >= 0.3 is 0 Å². The Morgan fingerprint density at radius 1 is 1.27 bits per heavy atom. The van der Waals surface area contributed by atoms with Gasteiger partial charge in [-0.05, 0) is 46.5 Å². The lowest BCUT2D eigenvalue weighted by Gasteiger charge is -2.11. The van der Waals surface area contributed by atoms with Gasteiger partial charge in [-0.3, -0.25) is 4.79 Å². The molecule has 0 saturated heterocycles. The van der Waals surface area contributed by atoms with E-state index < -0.39 is 0 Å².